The smallest absolute Gasteiger partial charge is 0.253 e. The highest BCUT2D eigenvalue weighted by atomic mass is 16.1. The van der Waals surface area contributed by atoms with E-state index < -0.39 is 0 Å². The van der Waals surface area contributed by atoms with E-state index in [0.29, 0.717) is 12.1 Å². The van der Waals surface area contributed by atoms with Crippen LogP contribution in [0.2, 0.25) is 0 Å². The normalized spacial score (nSPS) is 12.2. The Morgan fingerprint density at radius 1 is 1.15 bits per heavy atom. The molecule has 3 aromatic heterocycles. The van der Waals surface area contributed by atoms with Gasteiger partial charge in [-0.25, -0.2) is 9.97 Å². The van der Waals surface area contributed by atoms with Crippen molar-refractivity contribution in [3.05, 3.63) is 79.1 Å². The molecule has 1 amide bonds. The first-order chi connectivity index (χ1) is 13.2. The molecule has 0 bridgehead atoms. The number of amides is 1. The molecule has 6 heteroatoms. The fourth-order valence-corrected chi connectivity index (χ4v) is 3.07. The van der Waals surface area contributed by atoms with E-state index in [-0.39, 0.29) is 11.9 Å². The lowest BCUT2D eigenvalue weighted by atomic mass is 10.2. The minimum Gasteiger partial charge on any atom is -0.347 e. The molecule has 6 nitrogen and oxygen atoms in total. The number of imidazole rings is 2. The van der Waals surface area contributed by atoms with Crippen LogP contribution >= 0.6 is 0 Å². The molecule has 3 heterocycles. The summed E-state index contributed by atoms with van der Waals surface area (Å²) in [6.45, 7) is 2.76. The second-order valence-corrected chi connectivity index (χ2v) is 6.51. The van der Waals surface area contributed by atoms with Gasteiger partial charge in [0.15, 0.2) is 0 Å². The molecule has 4 rings (SSSR count). The van der Waals surface area contributed by atoms with Gasteiger partial charge in [-0.3, -0.25) is 4.79 Å². The van der Waals surface area contributed by atoms with Crippen LogP contribution in [0.15, 0.2) is 73.6 Å². The molecule has 1 N–H and O–H groups in total. The average Bonchev–Trinajstić information content (AvgIpc) is 3.37. The van der Waals surface area contributed by atoms with Crippen molar-refractivity contribution in [1.82, 2.24) is 24.3 Å². The number of pyridine rings is 1. The first kappa shape index (κ1) is 17.0. The zero-order valence-electron chi connectivity index (χ0n) is 15.1. The second-order valence-electron chi connectivity index (χ2n) is 6.51. The van der Waals surface area contributed by atoms with Crippen LogP contribution in [0.4, 0.5) is 0 Å². The monoisotopic (exact) mass is 359 g/mol. The molecule has 1 aromatic carbocycles. The van der Waals surface area contributed by atoms with E-state index in [0.717, 1.165) is 23.3 Å². The molecule has 0 aliphatic carbocycles. The SMILES string of the molecule is CCC(Cn1ccnc1)NC(=O)c1ccc2nc(-c3ccccc3)cn2c1. The molecule has 136 valence electrons. The Morgan fingerprint density at radius 2 is 2.00 bits per heavy atom. The molecule has 0 aliphatic heterocycles. The number of carbonyl (C=O) groups excluding carboxylic acids is 1. The standard InChI is InChI=1S/C21H21N5O/c1-2-18(13-25-11-10-22-15-25)23-21(27)17-8-9-20-24-19(14-26(20)12-17)16-6-4-3-5-7-16/h3-12,14-15,18H,2,13H2,1H3,(H,23,27). The van der Waals surface area contributed by atoms with Crippen molar-refractivity contribution in [2.75, 3.05) is 0 Å². The van der Waals surface area contributed by atoms with Crippen molar-refractivity contribution >= 4 is 11.6 Å². The summed E-state index contributed by atoms with van der Waals surface area (Å²) in [5.41, 5.74) is 3.37. The molecule has 0 saturated carbocycles. The third-order valence-electron chi connectivity index (χ3n) is 4.60. The first-order valence-electron chi connectivity index (χ1n) is 9.03. The van der Waals surface area contributed by atoms with E-state index in [1.807, 2.05) is 70.0 Å². The van der Waals surface area contributed by atoms with Crippen LogP contribution < -0.4 is 5.32 Å². The van der Waals surface area contributed by atoms with Crippen LogP contribution in [0, 0.1) is 0 Å². The van der Waals surface area contributed by atoms with Gasteiger partial charge in [0, 0.05) is 42.9 Å². The fourth-order valence-electron chi connectivity index (χ4n) is 3.07. The van der Waals surface area contributed by atoms with Crippen LogP contribution in [0.25, 0.3) is 16.9 Å². The Hall–Kier alpha value is -3.41. The summed E-state index contributed by atoms with van der Waals surface area (Å²) in [6, 6.07) is 13.7. The summed E-state index contributed by atoms with van der Waals surface area (Å²) in [4.78, 5) is 21.4. The number of carbonyl (C=O) groups is 1. The van der Waals surface area contributed by atoms with Gasteiger partial charge in [0.05, 0.1) is 17.6 Å². The average molecular weight is 359 g/mol. The number of rotatable bonds is 6. The molecule has 0 fully saturated rings. The Kier molecular flexibility index (Phi) is 4.70. The van der Waals surface area contributed by atoms with Gasteiger partial charge < -0.3 is 14.3 Å². The van der Waals surface area contributed by atoms with Gasteiger partial charge in [-0.05, 0) is 18.6 Å². The molecule has 1 atom stereocenters. The van der Waals surface area contributed by atoms with E-state index >= 15 is 0 Å². The van der Waals surface area contributed by atoms with E-state index in [4.69, 9.17) is 0 Å². The van der Waals surface area contributed by atoms with Gasteiger partial charge in [0.1, 0.15) is 5.65 Å². The molecule has 0 aliphatic rings. The third-order valence-corrected chi connectivity index (χ3v) is 4.60. The molecular formula is C21H21N5O. The number of fused-ring (bicyclic) bond motifs is 1. The summed E-state index contributed by atoms with van der Waals surface area (Å²) in [5.74, 6) is -0.0844. The van der Waals surface area contributed by atoms with Gasteiger partial charge in [0.25, 0.3) is 5.91 Å². The number of benzene rings is 1. The molecule has 4 aromatic rings. The molecule has 27 heavy (non-hydrogen) atoms. The minimum atomic E-state index is -0.0844. The Balaban J connectivity index is 1.53. The van der Waals surface area contributed by atoms with E-state index in [2.05, 4.69) is 22.2 Å². The topological polar surface area (TPSA) is 64.2 Å². The van der Waals surface area contributed by atoms with Crippen LogP contribution in [-0.2, 0) is 6.54 Å². The highest BCUT2D eigenvalue weighted by Gasteiger charge is 2.14. The van der Waals surface area contributed by atoms with Crippen molar-refractivity contribution in [2.24, 2.45) is 0 Å². The maximum atomic E-state index is 12.7. The Morgan fingerprint density at radius 3 is 2.74 bits per heavy atom. The van der Waals surface area contributed by atoms with Gasteiger partial charge in [-0.2, -0.15) is 0 Å². The number of hydrogen-bond acceptors (Lipinski definition) is 3. The quantitative estimate of drug-likeness (QED) is 0.574. The number of nitrogens with zero attached hydrogens (tertiary/aromatic N) is 4. The lowest BCUT2D eigenvalue weighted by molar-refractivity contribution is 0.0931. The fraction of sp³-hybridized carbons (Fsp3) is 0.190. The maximum absolute atomic E-state index is 12.7. The predicted octanol–water partition coefficient (Wildman–Crippen LogP) is 3.41. The first-order valence-corrected chi connectivity index (χ1v) is 9.03. The van der Waals surface area contributed by atoms with Crippen LogP contribution in [0.3, 0.4) is 0 Å². The lowest BCUT2D eigenvalue weighted by Gasteiger charge is -2.17. The minimum absolute atomic E-state index is 0.0464. The van der Waals surface area contributed by atoms with Crippen molar-refractivity contribution in [3.63, 3.8) is 0 Å². The van der Waals surface area contributed by atoms with Crippen LogP contribution in [-0.4, -0.2) is 30.9 Å². The Labute approximate surface area is 157 Å². The van der Waals surface area contributed by atoms with Crippen molar-refractivity contribution in [1.29, 1.82) is 0 Å². The van der Waals surface area contributed by atoms with E-state index in [1.54, 1.807) is 12.5 Å². The molecule has 0 radical (unpaired) electrons. The highest BCUT2D eigenvalue weighted by molar-refractivity contribution is 5.94. The number of hydrogen-bond donors (Lipinski definition) is 1. The van der Waals surface area contributed by atoms with Crippen molar-refractivity contribution in [3.8, 4) is 11.3 Å². The summed E-state index contributed by atoms with van der Waals surface area (Å²) >= 11 is 0. The van der Waals surface area contributed by atoms with Gasteiger partial charge in [0.2, 0.25) is 0 Å². The van der Waals surface area contributed by atoms with Crippen molar-refractivity contribution < 1.29 is 4.79 Å². The summed E-state index contributed by atoms with van der Waals surface area (Å²) < 4.78 is 3.87. The maximum Gasteiger partial charge on any atom is 0.253 e. The lowest BCUT2D eigenvalue weighted by Crippen LogP contribution is -2.37. The van der Waals surface area contributed by atoms with Crippen LogP contribution in [0.1, 0.15) is 23.7 Å². The number of nitrogens with one attached hydrogen (secondary N) is 1. The number of aromatic nitrogens is 4. The summed E-state index contributed by atoms with van der Waals surface area (Å²) in [5, 5.41) is 3.10. The molecule has 0 spiro atoms. The van der Waals surface area contributed by atoms with Gasteiger partial charge in [-0.15, -0.1) is 0 Å². The third kappa shape index (κ3) is 3.74. The van der Waals surface area contributed by atoms with Gasteiger partial charge in [-0.1, -0.05) is 37.3 Å². The second kappa shape index (κ2) is 7.45. The molecule has 0 saturated heterocycles. The zero-order valence-corrected chi connectivity index (χ0v) is 15.1. The van der Waals surface area contributed by atoms with E-state index in [1.165, 1.54) is 0 Å². The molecular weight excluding hydrogens is 338 g/mol. The predicted molar refractivity (Wildman–Crippen MR) is 104 cm³/mol. The zero-order chi connectivity index (χ0) is 18.6. The largest absolute Gasteiger partial charge is 0.347 e. The summed E-state index contributed by atoms with van der Waals surface area (Å²) in [7, 11) is 0. The molecule has 1 unspecified atom stereocenters. The van der Waals surface area contributed by atoms with Crippen LogP contribution in [0.5, 0.6) is 0 Å². The van der Waals surface area contributed by atoms with Gasteiger partial charge >= 0.3 is 0 Å². The highest BCUT2D eigenvalue weighted by Crippen LogP contribution is 2.19. The Bertz CT molecular complexity index is 1040. The summed E-state index contributed by atoms with van der Waals surface area (Å²) in [6.07, 6.45) is 10.0. The van der Waals surface area contributed by atoms with E-state index in [9.17, 15) is 4.79 Å². The van der Waals surface area contributed by atoms with Crippen molar-refractivity contribution in [2.45, 2.75) is 25.9 Å².